The lowest BCUT2D eigenvalue weighted by Gasteiger charge is -2.36. The number of nitrogens with one attached hydrogen (secondary N) is 1. The zero-order valence-corrected chi connectivity index (χ0v) is 12.8. The molecule has 1 aliphatic carbocycles. The van der Waals surface area contributed by atoms with Crippen molar-refractivity contribution < 1.29 is 0 Å². The Morgan fingerprint density at radius 3 is 2.85 bits per heavy atom. The topological polar surface area (TPSA) is 39.1 Å². The fourth-order valence-corrected chi connectivity index (χ4v) is 3.24. The molecule has 3 heteroatoms. The molecule has 0 aromatic heterocycles. The Morgan fingerprint density at radius 1 is 1.40 bits per heavy atom. The van der Waals surface area contributed by atoms with Gasteiger partial charge in [-0.05, 0) is 43.5 Å². The summed E-state index contributed by atoms with van der Waals surface area (Å²) >= 11 is 0. The summed E-state index contributed by atoms with van der Waals surface area (Å²) in [6, 6.07) is 9.16. The predicted octanol–water partition coefficient (Wildman–Crippen LogP) is 3.29. The molecule has 0 aliphatic heterocycles. The SMILES string of the molecule is CNCc1ccc(N(C)C2CCCC(C)C2)c(C#N)c1. The van der Waals surface area contributed by atoms with Gasteiger partial charge < -0.3 is 10.2 Å². The molecule has 0 heterocycles. The van der Waals surface area contributed by atoms with E-state index in [2.05, 4.69) is 42.4 Å². The molecule has 20 heavy (non-hydrogen) atoms. The van der Waals surface area contributed by atoms with E-state index in [9.17, 15) is 5.26 Å². The van der Waals surface area contributed by atoms with E-state index in [0.29, 0.717) is 6.04 Å². The predicted molar refractivity (Wildman–Crippen MR) is 83.7 cm³/mol. The largest absolute Gasteiger partial charge is 0.371 e. The van der Waals surface area contributed by atoms with Crippen molar-refractivity contribution in [2.24, 2.45) is 5.92 Å². The highest BCUT2D eigenvalue weighted by atomic mass is 15.1. The van der Waals surface area contributed by atoms with Crippen molar-refractivity contribution in [1.82, 2.24) is 5.32 Å². The van der Waals surface area contributed by atoms with Crippen molar-refractivity contribution in [2.75, 3.05) is 19.0 Å². The molecule has 3 nitrogen and oxygen atoms in total. The monoisotopic (exact) mass is 271 g/mol. The third-order valence-electron chi connectivity index (χ3n) is 4.40. The first-order valence-corrected chi connectivity index (χ1v) is 7.56. The first-order valence-electron chi connectivity index (χ1n) is 7.56. The molecule has 2 unspecified atom stereocenters. The first kappa shape index (κ1) is 14.9. The lowest BCUT2D eigenvalue weighted by molar-refractivity contribution is 0.336. The summed E-state index contributed by atoms with van der Waals surface area (Å²) in [4.78, 5) is 2.32. The number of hydrogen-bond acceptors (Lipinski definition) is 3. The van der Waals surface area contributed by atoms with Crippen molar-refractivity contribution in [1.29, 1.82) is 5.26 Å². The average Bonchev–Trinajstić information content (AvgIpc) is 2.46. The van der Waals surface area contributed by atoms with Crippen molar-refractivity contribution in [2.45, 2.75) is 45.2 Å². The number of rotatable bonds is 4. The van der Waals surface area contributed by atoms with Gasteiger partial charge in [0.2, 0.25) is 0 Å². The minimum absolute atomic E-state index is 0.570. The highest BCUT2D eigenvalue weighted by Crippen LogP contribution is 2.31. The summed E-state index contributed by atoms with van der Waals surface area (Å²) in [5.41, 5.74) is 3.03. The quantitative estimate of drug-likeness (QED) is 0.913. The van der Waals surface area contributed by atoms with Crippen LogP contribution >= 0.6 is 0 Å². The Kier molecular flexibility index (Phi) is 5.03. The third kappa shape index (κ3) is 3.32. The number of nitrogens with zero attached hydrogens (tertiary/aromatic N) is 2. The van der Waals surface area contributed by atoms with Crippen LogP contribution in [0.2, 0.25) is 0 Å². The molecule has 0 bridgehead atoms. The Morgan fingerprint density at radius 2 is 2.20 bits per heavy atom. The van der Waals surface area contributed by atoms with Gasteiger partial charge in [0.1, 0.15) is 6.07 Å². The van der Waals surface area contributed by atoms with Gasteiger partial charge in [0.25, 0.3) is 0 Å². The van der Waals surface area contributed by atoms with E-state index in [1.54, 1.807) is 0 Å². The van der Waals surface area contributed by atoms with Crippen LogP contribution in [-0.4, -0.2) is 20.1 Å². The van der Waals surface area contributed by atoms with Gasteiger partial charge in [-0.1, -0.05) is 25.8 Å². The van der Waals surface area contributed by atoms with Crippen LogP contribution in [0.1, 0.15) is 43.7 Å². The van der Waals surface area contributed by atoms with Gasteiger partial charge in [-0.3, -0.25) is 0 Å². The van der Waals surface area contributed by atoms with Crippen LogP contribution in [0.4, 0.5) is 5.69 Å². The van der Waals surface area contributed by atoms with Gasteiger partial charge in [0.15, 0.2) is 0 Å². The van der Waals surface area contributed by atoms with Gasteiger partial charge in [0.05, 0.1) is 11.3 Å². The van der Waals surface area contributed by atoms with Crippen molar-refractivity contribution in [3.05, 3.63) is 29.3 Å². The van der Waals surface area contributed by atoms with Crippen molar-refractivity contribution in [3.63, 3.8) is 0 Å². The van der Waals surface area contributed by atoms with E-state index in [-0.39, 0.29) is 0 Å². The van der Waals surface area contributed by atoms with E-state index in [1.165, 1.54) is 31.2 Å². The lowest BCUT2D eigenvalue weighted by Crippen LogP contribution is -2.36. The Bertz CT molecular complexity index is 489. The molecular formula is C17H25N3. The molecule has 1 saturated carbocycles. The van der Waals surface area contributed by atoms with E-state index in [0.717, 1.165) is 23.7 Å². The van der Waals surface area contributed by atoms with Crippen molar-refractivity contribution in [3.8, 4) is 6.07 Å². The smallest absolute Gasteiger partial charge is 0.101 e. The highest BCUT2D eigenvalue weighted by Gasteiger charge is 2.23. The highest BCUT2D eigenvalue weighted by molar-refractivity contribution is 5.60. The van der Waals surface area contributed by atoms with E-state index < -0.39 is 0 Å². The van der Waals surface area contributed by atoms with E-state index >= 15 is 0 Å². The third-order valence-corrected chi connectivity index (χ3v) is 4.40. The van der Waals surface area contributed by atoms with E-state index in [1.807, 2.05) is 13.1 Å². The minimum atomic E-state index is 0.570. The lowest BCUT2D eigenvalue weighted by atomic mass is 9.86. The van der Waals surface area contributed by atoms with Crippen LogP contribution in [0.15, 0.2) is 18.2 Å². The second-order valence-electron chi connectivity index (χ2n) is 6.03. The summed E-state index contributed by atoms with van der Waals surface area (Å²) < 4.78 is 0. The standard InChI is InChI=1S/C17H25N3/c1-13-5-4-6-16(9-13)20(3)17-8-7-14(12-19-2)10-15(17)11-18/h7-8,10,13,16,19H,4-6,9,12H2,1-3H3. The normalized spacial score (nSPS) is 22.3. The van der Waals surface area contributed by atoms with Crippen LogP contribution in [-0.2, 0) is 6.54 Å². The number of hydrogen-bond donors (Lipinski definition) is 1. The molecular weight excluding hydrogens is 246 g/mol. The van der Waals surface area contributed by atoms with Crippen LogP contribution in [0.25, 0.3) is 0 Å². The Balaban J connectivity index is 2.20. The average molecular weight is 271 g/mol. The maximum Gasteiger partial charge on any atom is 0.101 e. The summed E-state index contributed by atoms with van der Waals surface area (Å²) in [6.07, 6.45) is 5.12. The van der Waals surface area contributed by atoms with E-state index in [4.69, 9.17) is 0 Å². The number of benzene rings is 1. The molecule has 0 saturated heterocycles. The van der Waals surface area contributed by atoms with Gasteiger partial charge in [0, 0.05) is 19.6 Å². The first-order chi connectivity index (χ1) is 9.65. The van der Waals surface area contributed by atoms with Crippen LogP contribution in [0.3, 0.4) is 0 Å². The molecule has 2 atom stereocenters. The molecule has 0 amide bonds. The van der Waals surface area contributed by atoms with Gasteiger partial charge in [-0.25, -0.2) is 0 Å². The van der Waals surface area contributed by atoms with Crippen LogP contribution in [0, 0.1) is 17.2 Å². The second-order valence-corrected chi connectivity index (χ2v) is 6.03. The number of nitriles is 1. The maximum atomic E-state index is 9.41. The summed E-state index contributed by atoms with van der Waals surface area (Å²) in [5.74, 6) is 0.797. The fourth-order valence-electron chi connectivity index (χ4n) is 3.24. The Labute approximate surface area is 122 Å². The molecule has 1 aromatic rings. The zero-order valence-electron chi connectivity index (χ0n) is 12.8. The molecule has 1 N–H and O–H groups in total. The zero-order chi connectivity index (χ0) is 14.5. The summed E-state index contributed by atoms with van der Waals surface area (Å²) in [5, 5.41) is 12.5. The second kappa shape index (κ2) is 6.76. The number of anilines is 1. The van der Waals surface area contributed by atoms with Gasteiger partial charge >= 0.3 is 0 Å². The molecule has 1 aromatic carbocycles. The van der Waals surface area contributed by atoms with Gasteiger partial charge in [-0.2, -0.15) is 5.26 Å². The molecule has 0 spiro atoms. The molecule has 108 valence electrons. The van der Waals surface area contributed by atoms with Crippen molar-refractivity contribution >= 4 is 5.69 Å². The molecule has 1 aliphatic rings. The minimum Gasteiger partial charge on any atom is -0.371 e. The van der Waals surface area contributed by atoms with Crippen LogP contribution < -0.4 is 10.2 Å². The van der Waals surface area contributed by atoms with Crippen LogP contribution in [0.5, 0.6) is 0 Å². The summed E-state index contributed by atoms with van der Waals surface area (Å²) in [6.45, 7) is 3.14. The molecule has 1 fully saturated rings. The van der Waals surface area contributed by atoms with Gasteiger partial charge in [-0.15, -0.1) is 0 Å². The molecule has 0 radical (unpaired) electrons. The summed E-state index contributed by atoms with van der Waals surface area (Å²) in [7, 11) is 4.06. The fraction of sp³-hybridized carbons (Fsp3) is 0.588. The molecule has 2 rings (SSSR count). The maximum absolute atomic E-state index is 9.41. The Hall–Kier alpha value is -1.53.